The second kappa shape index (κ2) is 10.3. The molecule has 0 saturated carbocycles. The number of anilines is 2. The number of thiocarbonyl (C=S) groups is 1. The normalized spacial score (nSPS) is 16.9. The predicted octanol–water partition coefficient (Wildman–Crippen LogP) is 5.34. The van der Waals surface area contributed by atoms with Gasteiger partial charge in [-0.3, -0.25) is 9.78 Å². The molecule has 1 aliphatic rings. The van der Waals surface area contributed by atoms with Gasteiger partial charge in [-0.1, -0.05) is 12.1 Å². The van der Waals surface area contributed by atoms with Gasteiger partial charge >= 0.3 is 0 Å². The van der Waals surface area contributed by atoms with E-state index in [1.807, 2.05) is 55.6 Å². The summed E-state index contributed by atoms with van der Waals surface area (Å²) in [6.07, 6.45) is 3.67. The van der Waals surface area contributed by atoms with E-state index in [2.05, 4.69) is 56.0 Å². The van der Waals surface area contributed by atoms with E-state index in [0.717, 1.165) is 39.7 Å². The van der Waals surface area contributed by atoms with Crippen LogP contribution in [0.1, 0.15) is 47.2 Å². The second-order valence-corrected chi connectivity index (χ2v) is 9.80. The Morgan fingerprint density at radius 3 is 2.55 bits per heavy atom. The molecule has 0 bridgehead atoms. The molecule has 0 unspecified atom stereocenters. The van der Waals surface area contributed by atoms with Gasteiger partial charge in [-0.2, -0.15) is 0 Å². The molecule has 8 nitrogen and oxygen atoms in total. The zero-order valence-corrected chi connectivity index (χ0v) is 22.8. The largest absolute Gasteiger partial charge is 0.495 e. The lowest BCUT2D eigenvalue weighted by Crippen LogP contribution is -2.29. The molecule has 2 N–H and O–H groups in total. The molecule has 0 radical (unpaired) electrons. The maximum absolute atomic E-state index is 11.9. The molecular formula is C29H30N6O2S. The highest BCUT2D eigenvalue weighted by Crippen LogP contribution is 2.45. The summed E-state index contributed by atoms with van der Waals surface area (Å²) in [5.74, 6) is 1.26. The Balaban J connectivity index is 1.67. The van der Waals surface area contributed by atoms with E-state index in [1.54, 1.807) is 13.3 Å². The van der Waals surface area contributed by atoms with Gasteiger partial charge in [0.05, 0.1) is 30.6 Å². The van der Waals surface area contributed by atoms with Crippen LogP contribution in [0.2, 0.25) is 0 Å². The SMILES string of the molecule is COc1ccc(N2C(=S)N[C@@H](c3ccccn3)[C@@H]2c2cc(C)n(-c3ccc(C)cn3)c2C)cc1NC(C)=O. The maximum atomic E-state index is 11.9. The standard InChI is InChI=1S/C29H30N6O2S/c1-17-9-12-26(31-16-17)34-18(2)14-22(19(34)3)28-27(23-8-6-7-13-30-23)33-29(38)35(28)21-10-11-25(37-5)24(15-21)32-20(4)36/h6-16,27-28H,1-5H3,(H,32,36)(H,33,38)/t27-,28-/m0/s1. The Bertz CT molecular complexity index is 1500. The van der Waals surface area contributed by atoms with Crippen molar-refractivity contribution in [3.05, 3.63) is 95.2 Å². The van der Waals surface area contributed by atoms with E-state index in [9.17, 15) is 4.79 Å². The first-order chi connectivity index (χ1) is 18.3. The number of aryl methyl sites for hydroxylation is 2. The van der Waals surface area contributed by atoms with E-state index in [4.69, 9.17) is 17.0 Å². The number of rotatable bonds is 6. The maximum Gasteiger partial charge on any atom is 0.221 e. The van der Waals surface area contributed by atoms with Crippen molar-refractivity contribution >= 4 is 34.6 Å². The molecule has 4 heterocycles. The van der Waals surface area contributed by atoms with Crippen molar-refractivity contribution in [1.29, 1.82) is 0 Å². The van der Waals surface area contributed by atoms with Gasteiger partial charge in [0.2, 0.25) is 5.91 Å². The lowest BCUT2D eigenvalue weighted by atomic mass is 9.96. The first-order valence-corrected chi connectivity index (χ1v) is 12.8. The van der Waals surface area contributed by atoms with Crippen molar-refractivity contribution in [2.75, 3.05) is 17.3 Å². The summed E-state index contributed by atoms with van der Waals surface area (Å²) < 4.78 is 7.65. The minimum atomic E-state index is -0.207. The minimum absolute atomic E-state index is 0.181. The van der Waals surface area contributed by atoms with Crippen LogP contribution >= 0.6 is 12.2 Å². The highest BCUT2D eigenvalue weighted by Gasteiger charge is 2.42. The van der Waals surface area contributed by atoms with E-state index >= 15 is 0 Å². The molecule has 5 rings (SSSR count). The lowest BCUT2D eigenvalue weighted by Gasteiger charge is -2.29. The third-order valence-electron chi connectivity index (χ3n) is 6.78. The molecule has 1 aromatic carbocycles. The first-order valence-electron chi connectivity index (χ1n) is 12.4. The molecular weight excluding hydrogens is 496 g/mol. The number of methoxy groups -OCH3 is 1. The average molecular weight is 527 g/mol. The van der Waals surface area contributed by atoms with Crippen LogP contribution in [0.3, 0.4) is 0 Å². The minimum Gasteiger partial charge on any atom is -0.495 e. The third kappa shape index (κ3) is 4.61. The Morgan fingerprint density at radius 1 is 1.08 bits per heavy atom. The van der Waals surface area contributed by atoms with Crippen LogP contribution in [0.15, 0.2) is 67.0 Å². The number of amides is 1. The molecule has 2 atom stereocenters. The predicted molar refractivity (Wildman–Crippen MR) is 153 cm³/mol. The topological polar surface area (TPSA) is 84.3 Å². The van der Waals surface area contributed by atoms with Crippen molar-refractivity contribution in [1.82, 2.24) is 19.9 Å². The van der Waals surface area contributed by atoms with Crippen molar-refractivity contribution in [3.63, 3.8) is 0 Å². The van der Waals surface area contributed by atoms with Gasteiger partial charge in [0.1, 0.15) is 11.6 Å². The van der Waals surface area contributed by atoms with Gasteiger partial charge in [-0.05, 0) is 86.6 Å². The zero-order chi connectivity index (χ0) is 27.0. The Hall–Kier alpha value is -4.24. The van der Waals surface area contributed by atoms with E-state index in [-0.39, 0.29) is 18.0 Å². The summed E-state index contributed by atoms with van der Waals surface area (Å²) in [6, 6.07) is 17.5. The molecule has 0 spiro atoms. The van der Waals surface area contributed by atoms with Gasteiger partial charge in [0.15, 0.2) is 5.11 Å². The van der Waals surface area contributed by atoms with Crippen molar-refractivity contribution in [3.8, 4) is 11.6 Å². The summed E-state index contributed by atoms with van der Waals surface area (Å²) in [5.41, 5.74) is 6.64. The smallest absolute Gasteiger partial charge is 0.221 e. The van der Waals surface area contributed by atoms with E-state index in [0.29, 0.717) is 16.5 Å². The van der Waals surface area contributed by atoms with Crippen molar-refractivity contribution < 1.29 is 9.53 Å². The Morgan fingerprint density at radius 2 is 1.89 bits per heavy atom. The van der Waals surface area contributed by atoms with Crippen LogP contribution in [-0.4, -0.2) is 32.7 Å². The molecule has 1 saturated heterocycles. The van der Waals surface area contributed by atoms with Gasteiger partial charge in [0.25, 0.3) is 0 Å². The number of nitrogens with one attached hydrogen (secondary N) is 2. The number of pyridine rings is 2. The van der Waals surface area contributed by atoms with Gasteiger partial charge in [-0.15, -0.1) is 0 Å². The third-order valence-corrected chi connectivity index (χ3v) is 7.10. The van der Waals surface area contributed by atoms with Gasteiger partial charge in [0, 0.05) is 36.4 Å². The molecule has 38 heavy (non-hydrogen) atoms. The highest BCUT2D eigenvalue weighted by atomic mass is 32.1. The molecule has 0 aliphatic carbocycles. The number of hydrogen-bond acceptors (Lipinski definition) is 5. The van der Waals surface area contributed by atoms with Crippen LogP contribution in [-0.2, 0) is 4.79 Å². The molecule has 1 aliphatic heterocycles. The fraction of sp³-hybridized carbons (Fsp3) is 0.241. The number of hydrogen-bond donors (Lipinski definition) is 2. The molecule has 3 aromatic heterocycles. The van der Waals surface area contributed by atoms with Gasteiger partial charge < -0.3 is 24.8 Å². The summed E-state index contributed by atoms with van der Waals surface area (Å²) in [5, 5.41) is 6.95. The second-order valence-electron chi connectivity index (χ2n) is 9.42. The van der Waals surface area contributed by atoms with Crippen LogP contribution in [0.4, 0.5) is 11.4 Å². The number of carbonyl (C=O) groups excluding carboxylic acids is 1. The van der Waals surface area contributed by atoms with Crippen molar-refractivity contribution in [2.45, 2.75) is 39.8 Å². The Labute approximate surface area is 227 Å². The molecule has 1 amide bonds. The van der Waals surface area contributed by atoms with Gasteiger partial charge in [-0.25, -0.2) is 4.98 Å². The van der Waals surface area contributed by atoms with Crippen LogP contribution in [0.25, 0.3) is 5.82 Å². The van der Waals surface area contributed by atoms with Crippen molar-refractivity contribution in [2.24, 2.45) is 0 Å². The summed E-state index contributed by atoms with van der Waals surface area (Å²) in [6.45, 7) is 7.70. The fourth-order valence-corrected chi connectivity index (χ4v) is 5.46. The van der Waals surface area contributed by atoms with E-state index in [1.165, 1.54) is 6.92 Å². The Kier molecular flexibility index (Phi) is 6.86. The quantitative estimate of drug-likeness (QED) is 0.328. The summed E-state index contributed by atoms with van der Waals surface area (Å²) in [7, 11) is 1.58. The molecule has 9 heteroatoms. The van der Waals surface area contributed by atoms with Crippen LogP contribution in [0, 0.1) is 20.8 Å². The first kappa shape index (κ1) is 25.4. The number of benzene rings is 1. The lowest BCUT2D eigenvalue weighted by molar-refractivity contribution is -0.114. The highest BCUT2D eigenvalue weighted by molar-refractivity contribution is 7.80. The molecule has 1 fully saturated rings. The zero-order valence-electron chi connectivity index (χ0n) is 22.0. The van der Waals surface area contributed by atoms with Crippen LogP contribution < -0.4 is 20.3 Å². The number of ether oxygens (including phenoxy) is 1. The molecule has 194 valence electrons. The number of aromatic nitrogens is 3. The number of nitrogens with zero attached hydrogens (tertiary/aromatic N) is 4. The average Bonchev–Trinajstić information content (AvgIpc) is 3.39. The number of carbonyl (C=O) groups is 1. The monoisotopic (exact) mass is 526 g/mol. The van der Waals surface area contributed by atoms with Crippen LogP contribution in [0.5, 0.6) is 5.75 Å². The molecule has 4 aromatic rings. The summed E-state index contributed by atoms with van der Waals surface area (Å²) >= 11 is 5.91. The fourth-order valence-electron chi connectivity index (χ4n) is 5.11. The van der Waals surface area contributed by atoms with E-state index < -0.39 is 0 Å². The summed E-state index contributed by atoms with van der Waals surface area (Å²) in [4.78, 5) is 23.3.